The quantitative estimate of drug-likeness (QED) is 0.709. The van der Waals surface area contributed by atoms with Crippen LogP contribution in [-0.4, -0.2) is 14.6 Å². The fraction of sp³-hybridized carbons (Fsp3) is 0.143. The first-order chi connectivity index (χ1) is 8.66. The SMILES string of the molecule is Cc1cc(C)n2nc(N)c(-c3ccccc3)c2n1. The van der Waals surface area contributed by atoms with Gasteiger partial charge in [-0.1, -0.05) is 30.3 Å². The summed E-state index contributed by atoms with van der Waals surface area (Å²) in [5.74, 6) is 0.516. The van der Waals surface area contributed by atoms with Crippen LogP contribution in [0.3, 0.4) is 0 Å². The van der Waals surface area contributed by atoms with Crippen LogP contribution in [0.5, 0.6) is 0 Å². The Labute approximate surface area is 105 Å². The Kier molecular flexibility index (Phi) is 2.30. The van der Waals surface area contributed by atoms with Gasteiger partial charge in [0.2, 0.25) is 0 Å². The van der Waals surface area contributed by atoms with Gasteiger partial charge in [-0.05, 0) is 25.5 Å². The molecule has 18 heavy (non-hydrogen) atoms. The summed E-state index contributed by atoms with van der Waals surface area (Å²) in [6, 6.07) is 12.0. The van der Waals surface area contributed by atoms with Crippen LogP contribution in [0.25, 0.3) is 16.8 Å². The Balaban J connectivity index is 2.39. The van der Waals surface area contributed by atoms with Crippen molar-refractivity contribution in [3.8, 4) is 11.1 Å². The van der Waals surface area contributed by atoms with Gasteiger partial charge in [-0.2, -0.15) is 0 Å². The standard InChI is InChI=1S/C14H14N4/c1-9-8-10(2)18-14(16-9)12(13(15)17-18)11-6-4-3-5-7-11/h3-8H,1-2H3,(H2,15,17). The minimum atomic E-state index is 0.516. The second-order valence-corrected chi connectivity index (χ2v) is 4.40. The van der Waals surface area contributed by atoms with E-state index in [2.05, 4.69) is 10.1 Å². The number of rotatable bonds is 1. The number of aromatic nitrogens is 3. The molecule has 3 rings (SSSR count). The van der Waals surface area contributed by atoms with Gasteiger partial charge < -0.3 is 5.73 Å². The summed E-state index contributed by atoms with van der Waals surface area (Å²) < 4.78 is 1.80. The number of hydrogen-bond donors (Lipinski definition) is 1. The fourth-order valence-electron chi connectivity index (χ4n) is 2.22. The molecule has 0 bridgehead atoms. The molecule has 0 spiro atoms. The first-order valence-electron chi connectivity index (χ1n) is 5.84. The van der Waals surface area contributed by atoms with E-state index in [-0.39, 0.29) is 0 Å². The van der Waals surface area contributed by atoms with Gasteiger partial charge in [-0.15, -0.1) is 5.10 Å². The summed E-state index contributed by atoms with van der Waals surface area (Å²) in [5, 5.41) is 4.36. The minimum absolute atomic E-state index is 0.516. The Morgan fingerprint density at radius 3 is 2.56 bits per heavy atom. The number of nitrogens with two attached hydrogens (primary N) is 1. The molecule has 90 valence electrons. The molecule has 2 aromatic heterocycles. The van der Waals surface area contributed by atoms with Crippen LogP contribution in [-0.2, 0) is 0 Å². The van der Waals surface area contributed by atoms with Gasteiger partial charge in [0.1, 0.15) is 0 Å². The lowest BCUT2D eigenvalue weighted by molar-refractivity contribution is 0.890. The number of aryl methyl sites for hydroxylation is 2. The van der Waals surface area contributed by atoms with E-state index in [0.29, 0.717) is 5.82 Å². The molecule has 3 aromatic rings. The zero-order valence-corrected chi connectivity index (χ0v) is 10.4. The van der Waals surface area contributed by atoms with Crippen molar-refractivity contribution in [3.63, 3.8) is 0 Å². The number of nitrogen functional groups attached to an aromatic ring is 1. The average Bonchev–Trinajstić information content (AvgIpc) is 2.67. The predicted molar refractivity (Wildman–Crippen MR) is 72.3 cm³/mol. The van der Waals surface area contributed by atoms with E-state index in [1.165, 1.54) is 0 Å². The van der Waals surface area contributed by atoms with Crippen molar-refractivity contribution >= 4 is 11.5 Å². The van der Waals surface area contributed by atoms with Gasteiger partial charge in [0.15, 0.2) is 11.5 Å². The highest BCUT2D eigenvalue weighted by Crippen LogP contribution is 2.29. The largest absolute Gasteiger partial charge is 0.382 e. The van der Waals surface area contributed by atoms with E-state index in [9.17, 15) is 0 Å². The predicted octanol–water partition coefficient (Wildman–Crippen LogP) is 2.60. The fourth-order valence-corrected chi connectivity index (χ4v) is 2.22. The van der Waals surface area contributed by atoms with Crippen molar-refractivity contribution in [1.29, 1.82) is 0 Å². The molecule has 4 nitrogen and oxygen atoms in total. The zero-order valence-electron chi connectivity index (χ0n) is 10.4. The van der Waals surface area contributed by atoms with Crippen molar-refractivity contribution < 1.29 is 0 Å². The zero-order chi connectivity index (χ0) is 12.7. The third kappa shape index (κ3) is 1.54. The van der Waals surface area contributed by atoms with Crippen LogP contribution in [0.1, 0.15) is 11.4 Å². The van der Waals surface area contributed by atoms with Crippen LogP contribution in [0.4, 0.5) is 5.82 Å². The molecular formula is C14H14N4. The molecule has 0 amide bonds. The van der Waals surface area contributed by atoms with Crippen molar-refractivity contribution in [1.82, 2.24) is 14.6 Å². The summed E-state index contributed by atoms with van der Waals surface area (Å²) in [6.45, 7) is 3.98. The molecule has 0 unspecified atom stereocenters. The highest BCUT2D eigenvalue weighted by Gasteiger charge is 2.14. The van der Waals surface area contributed by atoms with Crippen molar-refractivity contribution in [2.45, 2.75) is 13.8 Å². The third-order valence-corrected chi connectivity index (χ3v) is 2.98. The molecule has 4 heteroatoms. The van der Waals surface area contributed by atoms with E-state index in [1.54, 1.807) is 4.52 Å². The summed E-state index contributed by atoms with van der Waals surface area (Å²) in [4.78, 5) is 4.55. The van der Waals surface area contributed by atoms with Gasteiger partial charge in [-0.3, -0.25) is 0 Å². The first-order valence-corrected chi connectivity index (χ1v) is 5.84. The second-order valence-electron chi connectivity index (χ2n) is 4.40. The summed E-state index contributed by atoms with van der Waals surface area (Å²) in [5.41, 5.74) is 10.8. The molecule has 0 atom stereocenters. The van der Waals surface area contributed by atoms with Crippen molar-refractivity contribution in [2.24, 2.45) is 0 Å². The number of hydrogen-bond acceptors (Lipinski definition) is 3. The van der Waals surface area contributed by atoms with E-state index < -0.39 is 0 Å². The normalized spacial score (nSPS) is 11.0. The summed E-state index contributed by atoms with van der Waals surface area (Å²) in [6.07, 6.45) is 0. The molecule has 0 saturated heterocycles. The Bertz CT molecular complexity index is 713. The highest BCUT2D eigenvalue weighted by molar-refractivity contribution is 5.86. The average molecular weight is 238 g/mol. The molecular weight excluding hydrogens is 224 g/mol. The van der Waals surface area contributed by atoms with Crippen LogP contribution >= 0.6 is 0 Å². The number of nitrogens with zero attached hydrogens (tertiary/aromatic N) is 3. The molecule has 2 N–H and O–H groups in total. The molecule has 1 aromatic carbocycles. The van der Waals surface area contributed by atoms with Gasteiger partial charge in [0.05, 0.1) is 5.56 Å². The lowest BCUT2D eigenvalue weighted by atomic mass is 10.1. The highest BCUT2D eigenvalue weighted by atomic mass is 15.3. The Morgan fingerprint density at radius 1 is 1.11 bits per heavy atom. The maximum Gasteiger partial charge on any atom is 0.165 e. The maximum atomic E-state index is 6.03. The van der Waals surface area contributed by atoms with Crippen molar-refractivity contribution in [2.75, 3.05) is 5.73 Å². The van der Waals surface area contributed by atoms with E-state index in [0.717, 1.165) is 28.2 Å². The number of anilines is 1. The summed E-state index contributed by atoms with van der Waals surface area (Å²) >= 11 is 0. The molecule has 0 saturated carbocycles. The second kappa shape index (κ2) is 3.84. The van der Waals surface area contributed by atoms with Crippen LogP contribution in [0, 0.1) is 13.8 Å². The van der Waals surface area contributed by atoms with Gasteiger partial charge in [0.25, 0.3) is 0 Å². The molecule has 0 aliphatic carbocycles. The van der Waals surface area contributed by atoms with Crippen LogP contribution in [0.15, 0.2) is 36.4 Å². The monoisotopic (exact) mass is 238 g/mol. The smallest absolute Gasteiger partial charge is 0.165 e. The molecule has 0 radical (unpaired) electrons. The van der Waals surface area contributed by atoms with E-state index in [4.69, 9.17) is 5.73 Å². The first kappa shape index (κ1) is 10.8. The van der Waals surface area contributed by atoms with Crippen molar-refractivity contribution in [3.05, 3.63) is 47.8 Å². The number of benzene rings is 1. The van der Waals surface area contributed by atoms with E-state index >= 15 is 0 Å². The third-order valence-electron chi connectivity index (χ3n) is 2.98. The Hall–Kier alpha value is -2.36. The number of fused-ring (bicyclic) bond motifs is 1. The van der Waals surface area contributed by atoms with Gasteiger partial charge >= 0.3 is 0 Å². The summed E-state index contributed by atoms with van der Waals surface area (Å²) in [7, 11) is 0. The van der Waals surface area contributed by atoms with Gasteiger partial charge in [-0.25, -0.2) is 9.50 Å². The minimum Gasteiger partial charge on any atom is -0.382 e. The molecule has 0 aliphatic heterocycles. The van der Waals surface area contributed by atoms with Crippen LogP contribution < -0.4 is 5.73 Å². The molecule has 0 fully saturated rings. The molecule has 0 aliphatic rings. The lowest BCUT2D eigenvalue weighted by Crippen LogP contribution is -1.97. The van der Waals surface area contributed by atoms with E-state index in [1.807, 2.05) is 50.2 Å². The molecule has 2 heterocycles. The topological polar surface area (TPSA) is 56.2 Å². The Morgan fingerprint density at radius 2 is 1.83 bits per heavy atom. The lowest BCUT2D eigenvalue weighted by Gasteiger charge is -2.02. The van der Waals surface area contributed by atoms with Gasteiger partial charge in [0, 0.05) is 11.4 Å². The maximum absolute atomic E-state index is 6.03. The van der Waals surface area contributed by atoms with Crippen LogP contribution in [0.2, 0.25) is 0 Å².